The number of aliphatic hydroxyl groups excluding tert-OH is 1. The molecule has 0 aliphatic heterocycles. The molecule has 0 spiro atoms. The molecule has 0 amide bonds. The van der Waals surface area contributed by atoms with Crippen molar-refractivity contribution >= 4 is 5.97 Å². The molecule has 6 nitrogen and oxygen atoms in total. The van der Waals surface area contributed by atoms with Crippen LogP contribution in [0.3, 0.4) is 0 Å². The minimum Gasteiger partial charge on any atom is -0.478 e. The first-order valence-electron chi connectivity index (χ1n) is 5.10. The van der Waals surface area contributed by atoms with Crippen molar-refractivity contribution < 1.29 is 19.7 Å². The van der Waals surface area contributed by atoms with Crippen LogP contribution >= 0.6 is 0 Å². The van der Waals surface area contributed by atoms with Gasteiger partial charge in [0, 0.05) is 18.5 Å². The average molecular weight is 246 g/mol. The summed E-state index contributed by atoms with van der Waals surface area (Å²) in [5.41, 5.74) is 1.04. The Hall–Kier alpha value is -2.47. The van der Waals surface area contributed by atoms with E-state index in [0.717, 1.165) is 0 Å². The summed E-state index contributed by atoms with van der Waals surface area (Å²) in [4.78, 5) is 19.0. The lowest BCUT2D eigenvalue weighted by atomic mass is 10.2. The summed E-state index contributed by atoms with van der Waals surface area (Å²) in [6.07, 6.45) is 2.90. The molecular formula is C12H10N2O4. The zero-order valence-corrected chi connectivity index (χ0v) is 9.28. The van der Waals surface area contributed by atoms with Gasteiger partial charge in [-0.05, 0) is 18.2 Å². The Morgan fingerprint density at radius 1 is 1.17 bits per heavy atom. The fourth-order valence-corrected chi connectivity index (χ4v) is 1.42. The quantitative estimate of drug-likeness (QED) is 0.786. The molecule has 0 aliphatic rings. The second-order valence-corrected chi connectivity index (χ2v) is 3.39. The molecule has 0 radical (unpaired) electrons. The van der Waals surface area contributed by atoms with Crippen LogP contribution in [-0.2, 0) is 0 Å². The third-order valence-electron chi connectivity index (χ3n) is 2.23. The van der Waals surface area contributed by atoms with Crippen molar-refractivity contribution in [1.29, 1.82) is 0 Å². The highest BCUT2D eigenvalue weighted by molar-refractivity contribution is 5.88. The number of carbonyl (C=O) groups is 1. The number of carboxylic acids is 1. The largest absolute Gasteiger partial charge is 0.478 e. The molecule has 2 N–H and O–H groups in total. The van der Waals surface area contributed by atoms with Crippen molar-refractivity contribution in [3.05, 3.63) is 42.2 Å². The minimum absolute atomic E-state index is 0.135. The van der Waals surface area contributed by atoms with E-state index in [1.54, 1.807) is 12.1 Å². The second kappa shape index (κ2) is 5.24. The van der Waals surface area contributed by atoms with Crippen LogP contribution in [0.25, 0.3) is 11.4 Å². The number of carboxylic acid groups (broad SMARTS) is 1. The van der Waals surface area contributed by atoms with Crippen LogP contribution in [0.2, 0.25) is 0 Å². The first-order valence-corrected chi connectivity index (χ1v) is 5.10. The van der Waals surface area contributed by atoms with Gasteiger partial charge >= 0.3 is 5.97 Å². The van der Waals surface area contributed by atoms with E-state index in [1.807, 2.05) is 0 Å². The van der Waals surface area contributed by atoms with E-state index in [4.69, 9.17) is 14.9 Å². The highest BCUT2D eigenvalue weighted by Gasteiger charge is 2.07. The summed E-state index contributed by atoms with van der Waals surface area (Å²) < 4.78 is 4.92. The number of pyridine rings is 2. The van der Waals surface area contributed by atoms with Crippen LogP contribution in [0.1, 0.15) is 10.4 Å². The lowest BCUT2D eigenvalue weighted by molar-refractivity contribution is 0.0696. The molecule has 0 atom stereocenters. The minimum atomic E-state index is -1.03. The monoisotopic (exact) mass is 246 g/mol. The van der Waals surface area contributed by atoms with E-state index in [-0.39, 0.29) is 5.56 Å². The van der Waals surface area contributed by atoms with Crippen molar-refractivity contribution in [2.75, 3.05) is 6.79 Å². The number of hydrogen-bond donors (Lipinski definition) is 2. The van der Waals surface area contributed by atoms with Gasteiger partial charge in [0.25, 0.3) is 0 Å². The molecule has 2 aromatic heterocycles. The Bertz CT molecular complexity index is 572. The molecule has 0 fully saturated rings. The molecule has 92 valence electrons. The Morgan fingerprint density at radius 3 is 2.50 bits per heavy atom. The molecule has 0 unspecified atom stereocenters. The van der Waals surface area contributed by atoms with Crippen LogP contribution < -0.4 is 4.74 Å². The van der Waals surface area contributed by atoms with Gasteiger partial charge in [0.1, 0.15) is 5.75 Å². The average Bonchev–Trinajstić information content (AvgIpc) is 2.39. The van der Waals surface area contributed by atoms with Crippen LogP contribution in [0.15, 0.2) is 36.7 Å². The van der Waals surface area contributed by atoms with Gasteiger partial charge in [-0.1, -0.05) is 0 Å². The Balaban J connectivity index is 2.38. The van der Waals surface area contributed by atoms with Gasteiger partial charge in [-0.15, -0.1) is 0 Å². The van der Waals surface area contributed by atoms with Crippen molar-refractivity contribution in [3.63, 3.8) is 0 Å². The molecule has 0 aromatic carbocycles. The second-order valence-electron chi connectivity index (χ2n) is 3.39. The molecule has 0 aliphatic carbocycles. The van der Waals surface area contributed by atoms with Gasteiger partial charge in [0.05, 0.1) is 17.0 Å². The summed E-state index contributed by atoms with van der Waals surface area (Å²) in [5.74, 6) is -0.591. The zero-order chi connectivity index (χ0) is 13.0. The maximum absolute atomic E-state index is 10.8. The van der Waals surface area contributed by atoms with Crippen LogP contribution in [0.5, 0.6) is 5.75 Å². The maximum Gasteiger partial charge on any atom is 0.335 e. The highest BCUT2D eigenvalue weighted by Crippen LogP contribution is 2.20. The van der Waals surface area contributed by atoms with E-state index in [0.29, 0.717) is 17.1 Å². The SMILES string of the molecule is O=C(O)c1ccnc(-c2cc(OCO)ccn2)c1. The number of aliphatic hydroxyl groups is 1. The predicted molar refractivity (Wildman–Crippen MR) is 62.1 cm³/mol. The summed E-state index contributed by atoms with van der Waals surface area (Å²) in [5, 5.41) is 17.6. The van der Waals surface area contributed by atoms with Crippen molar-refractivity contribution in [2.24, 2.45) is 0 Å². The number of aromatic nitrogens is 2. The zero-order valence-electron chi connectivity index (χ0n) is 9.28. The first-order chi connectivity index (χ1) is 8.70. The molecule has 6 heteroatoms. The number of ether oxygens (including phenoxy) is 1. The van der Waals surface area contributed by atoms with Crippen molar-refractivity contribution in [3.8, 4) is 17.1 Å². The summed E-state index contributed by atoms with van der Waals surface area (Å²) in [6.45, 7) is -0.438. The summed E-state index contributed by atoms with van der Waals surface area (Å²) >= 11 is 0. The Morgan fingerprint density at radius 2 is 1.83 bits per heavy atom. The number of nitrogens with zero attached hydrogens (tertiary/aromatic N) is 2. The van der Waals surface area contributed by atoms with E-state index in [9.17, 15) is 4.79 Å². The van der Waals surface area contributed by atoms with Gasteiger partial charge in [-0.25, -0.2) is 4.79 Å². The van der Waals surface area contributed by atoms with Crippen molar-refractivity contribution in [1.82, 2.24) is 9.97 Å². The summed E-state index contributed by atoms with van der Waals surface area (Å²) in [6, 6.07) is 5.98. The number of hydrogen-bond acceptors (Lipinski definition) is 5. The molecule has 2 rings (SSSR count). The Kier molecular flexibility index (Phi) is 3.49. The standard InChI is InChI=1S/C12H10N2O4/c15-7-18-9-2-4-14-11(6-9)10-5-8(12(16)17)1-3-13-10/h1-6,15H,7H2,(H,16,17). The Labute approximate surface area is 103 Å². The van der Waals surface area contributed by atoms with E-state index >= 15 is 0 Å². The molecule has 0 saturated heterocycles. The summed E-state index contributed by atoms with van der Waals surface area (Å²) in [7, 11) is 0. The van der Waals surface area contributed by atoms with Gasteiger partial charge in [0.15, 0.2) is 6.79 Å². The molecule has 2 aromatic rings. The predicted octanol–water partition coefficient (Wildman–Crippen LogP) is 1.17. The van der Waals surface area contributed by atoms with Crippen LogP contribution in [0, 0.1) is 0 Å². The third-order valence-corrected chi connectivity index (χ3v) is 2.23. The van der Waals surface area contributed by atoms with Gasteiger partial charge in [-0.3, -0.25) is 9.97 Å². The maximum atomic E-state index is 10.8. The lowest BCUT2D eigenvalue weighted by Crippen LogP contribution is -1.99. The topological polar surface area (TPSA) is 92.5 Å². The fraction of sp³-hybridized carbons (Fsp3) is 0.0833. The van der Waals surface area contributed by atoms with E-state index < -0.39 is 12.8 Å². The molecule has 2 heterocycles. The van der Waals surface area contributed by atoms with Crippen LogP contribution in [0.4, 0.5) is 0 Å². The van der Waals surface area contributed by atoms with Crippen LogP contribution in [-0.4, -0.2) is 32.9 Å². The lowest BCUT2D eigenvalue weighted by Gasteiger charge is -2.04. The number of aromatic carboxylic acids is 1. The van der Waals surface area contributed by atoms with Gasteiger partial charge in [-0.2, -0.15) is 0 Å². The third kappa shape index (κ3) is 2.61. The number of rotatable bonds is 4. The van der Waals surface area contributed by atoms with Gasteiger partial charge in [0.2, 0.25) is 0 Å². The van der Waals surface area contributed by atoms with Gasteiger partial charge < -0.3 is 14.9 Å². The normalized spacial score (nSPS) is 10.1. The van der Waals surface area contributed by atoms with E-state index in [2.05, 4.69) is 9.97 Å². The first kappa shape index (κ1) is 12.0. The highest BCUT2D eigenvalue weighted by atomic mass is 16.6. The molecular weight excluding hydrogens is 236 g/mol. The van der Waals surface area contributed by atoms with Crippen molar-refractivity contribution in [2.45, 2.75) is 0 Å². The fourth-order valence-electron chi connectivity index (χ4n) is 1.42. The molecule has 0 saturated carbocycles. The molecule has 0 bridgehead atoms. The molecule has 18 heavy (non-hydrogen) atoms. The van der Waals surface area contributed by atoms with E-state index in [1.165, 1.54) is 24.5 Å². The smallest absolute Gasteiger partial charge is 0.335 e.